The van der Waals surface area contributed by atoms with Gasteiger partial charge in [0.15, 0.2) is 0 Å². The molecule has 0 spiro atoms. The van der Waals surface area contributed by atoms with Crippen molar-refractivity contribution in [3.63, 3.8) is 0 Å². The van der Waals surface area contributed by atoms with Crippen LogP contribution in [0.5, 0.6) is 0 Å². The molecule has 0 heterocycles. The molecule has 1 atom stereocenters. The highest BCUT2D eigenvalue weighted by Crippen LogP contribution is 2.21. The second kappa shape index (κ2) is 7.53. The number of esters is 1. The third-order valence-electron chi connectivity index (χ3n) is 2.87. The molecule has 22 heavy (non-hydrogen) atoms. The van der Waals surface area contributed by atoms with Crippen LogP contribution in [0.3, 0.4) is 0 Å². The fourth-order valence-electron chi connectivity index (χ4n) is 1.92. The van der Waals surface area contributed by atoms with Gasteiger partial charge >= 0.3 is 5.97 Å². The van der Waals surface area contributed by atoms with E-state index in [0.717, 1.165) is 6.21 Å². The fraction of sp³-hybridized carbons (Fsp3) is 0.467. The van der Waals surface area contributed by atoms with Crippen LogP contribution in [0.4, 0.5) is 5.69 Å². The highest BCUT2D eigenvalue weighted by molar-refractivity contribution is 5.89. The van der Waals surface area contributed by atoms with Crippen molar-refractivity contribution in [3.8, 4) is 0 Å². The zero-order valence-electron chi connectivity index (χ0n) is 12.9. The van der Waals surface area contributed by atoms with Gasteiger partial charge in [0.2, 0.25) is 0 Å². The summed E-state index contributed by atoms with van der Waals surface area (Å²) in [6.07, 6.45) is 1.64. The van der Waals surface area contributed by atoms with Crippen molar-refractivity contribution >= 4 is 17.9 Å². The van der Waals surface area contributed by atoms with E-state index in [1.54, 1.807) is 39.0 Å². The number of aryl methyl sites for hydroxylation is 1. The predicted molar refractivity (Wildman–Crippen MR) is 81.0 cm³/mol. The van der Waals surface area contributed by atoms with Gasteiger partial charge in [0.25, 0.3) is 5.69 Å². The zero-order chi connectivity index (χ0) is 16.8. The lowest BCUT2D eigenvalue weighted by molar-refractivity contribution is -0.385. The molecule has 0 aliphatic rings. The molecule has 7 heteroatoms. The molecule has 120 valence electrons. The summed E-state index contributed by atoms with van der Waals surface area (Å²) in [7, 11) is 0. The third-order valence-corrected chi connectivity index (χ3v) is 2.87. The van der Waals surface area contributed by atoms with Crippen LogP contribution in [-0.2, 0) is 16.0 Å². The minimum atomic E-state index is -0.760. The average Bonchev–Trinajstić information content (AvgIpc) is 2.41. The van der Waals surface area contributed by atoms with Crippen LogP contribution in [0, 0.1) is 16.0 Å². The molecule has 0 aromatic heterocycles. The second-order valence-corrected chi connectivity index (χ2v) is 5.83. The number of carbonyl (C=O) groups is 1. The Kier molecular flexibility index (Phi) is 6.03. The Balaban J connectivity index is 2.81. The maximum atomic E-state index is 12.0. The Bertz CT molecular complexity index is 563. The molecule has 0 amide bonds. The summed E-state index contributed by atoms with van der Waals surface area (Å²) in [5, 5.41) is 22.5. The predicted octanol–water partition coefficient (Wildman–Crippen LogP) is 2.95. The summed E-state index contributed by atoms with van der Waals surface area (Å²) >= 11 is 0. The lowest BCUT2D eigenvalue weighted by Gasteiger charge is -2.22. The first-order chi connectivity index (χ1) is 10.2. The van der Waals surface area contributed by atoms with Gasteiger partial charge in [-0.15, -0.1) is 5.16 Å². The summed E-state index contributed by atoms with van der Waals surface area (Å²) in [5.41, 5.74) is -0.129. The number of hydrogen-bond donors (Lipinski definition) is 1. The molecular formula is C15H20N2O5. The van der Waals surface area contributed by atoms with Crippen molar-refractivity contribution in [2.24, 2.45) is 11.1 Å². The van der Waals surface area contributed by atoms with E-state index in [1.165, 1.54) is 6.07 Å². The van der Waals surface area contributed by atoms with E-state index >= 15 is 0 Å². The number of nitro groups is 1. The van der Waals surface area contributed by atoms with Gasteiger partial charge in [-0.25, -0.2) is 0 Å². The van der Waals surface area contributed by atoms with Crippen molar-refractivity contribution in [2.75, 3.05) is 0 Å². The van der Waals surface area contributed by atoms with Crippen LogP contribution in [0.2, 0.25) is 0 Å². The molecule has 0 bridgehead atoms. The molecule has 0 saturated heterocycles. The first kappa shape index (κ1) is 17.6. The summed E-state index contributed by atoms with van der Waals surface area (Å²) in [6, 6.07) is 6.34. The van der Waals surface area contributed by atoms with Gasteiger partial charge in [-0.1, -0.05) is 18.2 Å². The number of hydrogen-bond acceptors (Lipinski definition) is 6. The molecule has 1 aromatic carbocycles. The Morgan fingerprint density at radius 1 is 1.45 bits per heavy atom. The number of nitrogens with zero attached hydrogens (tertiary/aromatic N) is 2. The number of carbonyl (C=O) groups excluding carboxylic acids is 1. The van der Waals surface area contributed by atoms with Crippen LogP contribution in [0.1, 0.15) is 32.8 Å². The summed E-state index contributed by atoms with van der Waals surface area (Å²) in [6.45, 7) is 5.21. The molecule has 1 rings (SSSR count). The van der Waals surface area contributed by atoms with E-state index in [0.29, 0.717) is 12.0 Å². The summed E-state index contributed by atoms with van der Waals surface area (Å²) in [4.78, 5) is 22.5. The smallest absolute Gasteiger partial charge is 0.315 e. The average molecular weight is 308 g/mol. The van der Waals surface area contributed by atoms with Gasteiger partial charge in [-0.05, 0) is 33.6 Å². The molecule has 1 unspecified atom stereocenters. The van der Waals surface area contributed by atoms with E-state index in [4.69, 9.17) is 9.94 Å². The fourth-order valence-corrected chi connectivity index (χ4v) is 1.92. The maximum absolute atomic E-state index is 12.0. The van der Waals surface area contributed by atoms with Gasteiger partial charge in [0.05, 0.1) is 17.1 Å². The molecule has 0 aliphatic heterocycles. The van der Waals surface area contributed by atoms with Crippen molar-refractivity contribution in [2.45, 2.75) is 39.2 Å². The number of ether oxygens (including phenoxy) is 1. The van der Waals surface area contributed by atoms with Crippen molar-refractivity contribution in [1.82, 2.24) is 0 Å². The molecule has 0 radical (unpaired) electrons. The Morgan fingerprint density at radius 2 is 2.09 bits per heavy atom. The molecule has 1 N–H and O–H groups in total. The lowest BCUT2D eigenvalue weighted by atomic mass is 9.99. The molecule has 0 aliphatic carbocycles. The lowest BCUT2D eigenvalue weighted by Crippen LogP contribution is -2.29. The van der Waals surface area contributed by atoms with Crippen LogP contribution >= 0.6 is 0 Å². The number of para-hydroxylation sites is 1. The van der Waals surface area contributed by atoms with Crippen molar-refractivity contribution in [1.29, 1.82) is 0 Å². The molecule has 1 aromatic rings. The monoisotopic (exact) mass is 308 g/mol. The van der Waals surface area contributed by atoms with Crippen molar-refractivity contribution < 1.29 is 19.7 Å². The van der Waals surface area contributed by atoms with Crippen LogP contribution < -0.4 is 0 Å². The zero-order valence-corrected chi connectivity index (χ0v) is 12.9. The Labute approximate surface area is 128 Å². The SMILES string of the molecule is CC(C)(C)OC(=O)C(/C=N\O)CCc1ccccc1[N+](=O)[O-]. The molecule has 0 saturated carbocycles. The van der Waals surface area contributed by atoms with E-state index in [1.807, 2.05) is 0 Å². The highest BCUT2D eigenvalue weighted by Gasteiger charge is 2.25. The Hall–Kier alpha value is -2.44. The molecular weight excluding hydrogens is 288 g/mol. The topological polar surface area (TPSA) is 102 Å². The normalized spacial score (nSPS) is 13.0. The number of benzene rings is 1. The van der Waals surface area contributed by atoms with E-state index in [2.05, 4.69) is 5.16 Å². The third kappa shape index (κ3) is 5.51. The highest BCUT2D eigenvalue weighted by atomic mass is 16.6. The summed E-state index contributed by atoms with van der Waals surface area (Å²) in [5.74, 6) is -1.28. The van der Waals surface area contributed by atoms with Gasteiger partial charge in [-0.2, -0.15) is 0 Å². The first-order valence-corrected chi connectivity index (χ1v) is 6.87. The number of nitro benzene ring substituents is 1. The van der Waals surface area contributed by atoms with Crippen molar-refractivity contribution in [3.05, 3.63) is 39.9 Å². The van der Waals surface area contributed by atoms with Gasteiger partial charge in [0, 0.05) is 11.6 Å². The maximum Gasteiger partial charge on any atom is 0.315 e. The number of rotatable bonds is 6. The first-order valence-electron chi connectivity index (χ1n) is 6.87. The number of oxime groups is 1. The van der Waals surface area contributed by atoms with Gasteiger partial charge < -0.3 is 9.94 Å². The standard InChI is InChI=1S/C15H20N2O5/c1-15(2,3)22-14(18)12(10-16-19)9-8-11-6-4-5-7-13(11)17(20)21/h4-7,10,12,19H,8-9H2,1-3H3/b16-10-. The van der Waals surface area contributed by atoms with Gasteiger partial charge in [0.1, 0.15) is 5.60 Å². The molecule has 0 fully saturated rings. The molecule has 7 nitrogen and oxygen atoms in total. The van der Waals surface area contributed by atoms with Gasteiger partial charge in [-0.3, -0.25) is 14.9 Å². The van der Waals surface area contributed by atoms with E-state index in [9.17, 15) is 14.9 Å². The largest absolute Gasteiger partial charge is 0.459 e. The van der Waals surface area contributed by atoms with E-state index < -0.39 is 22.4 Å². The van der Waals surface area contributed by atoms with Crippen LogP contribution in [0.15, 0.2) is 29.4 Å². The Morgan fingerprint density at radius 3 is 2.64 bits per heavy atom. The minimum absolute atomic E-state index is 0.00590. The quantitative estimate of drug-likeness (QED) is 0.286. The second-order valence-electron chi connectivity index (χ2n) is 5.83. The van der Waals surface area contributed by atoms with Crippen LogP contribution in [-0.4, -0.2) is 27.9 Å². The van der Waals surface area contributed by atoms with E-state index in [-0.39, 0.29) is 12.1 Å². The minimum Gasteiger partial charge on any atom is -0.459 e. The van der Waals surface area contributed by atoms with Crippen LogP contribution in [0.25, 0.3) is 0 Å². The summed E-state index contributed by atoms with van der Waals surface area (Å²) < 4.78 is 5.24.